The lowest BCUT2D eigenvalue weighted by molar-refractivity contribution is 0.688. The van der Waals surface area contributed by atoms with Crippen molar-refractivity contribution in [2.75, 3.05) is 7.05 Å². The van der Waals surface area contributed by atoms with Gasteiger partial charge in [-0.05, 0) is 37.6 Å². The molecule has 0 bridgehead atoms. The topological polar surface area (TPSA) is 24.9 Å². The highest BCUT2D eigenvalue weighted by molar-refractivity contribution is 5.33. The van der Waals surface area contributed by atoms with Gasteiger partial charge in [0, 0.05) is 12.4 Å². The molecule has 0 radical (unpaired) electrons. The molecule has 1 aromatic heterocycles. The van der Waals surface area contributed by atoms with Crippen LogP contribution in [0.1, 0.15) is 28.3 Å². The summed E-state index contributed by atoms with van der Waals surface area (Å²) in [6.45, 7) is 4.17. The highest BCUT2D eigenvalue weighted by Crippen LogP contribution is 2.21. The van der Waals surface area contributed by atoms with Crippen LogP contribution in [0.3, 0.4) is 0 Å². The molecule has 2 aromatic rings. The van der Waals surface area contributed by atoms with Crippen molar-refractivity contribution in [2.24, 2.45) is 0 Å². The van der Waals surface area contributed by atoms with Crippen LogP contribution in [0.2, 0.25) is 0 Å². The van der Waals surface area contributed by atoms with E-state index in [1.807, 2.05) is 19.4 Å². The van der Waals surface area contributed by atoms with E-state index in [0.717, 1.165) is 0 Å². The average Bonchev–Trinajstić information content (AvgIpc) is 2.33. The molecule has 0 amide bonds. The summed E-state index contributed by atoms with van der Waals surface area (Å²) in [6.07, 6.45) is 3.80. The minimum absolute atomic E-state index is 0.211. The average molecular weight is 226 g/mol. The van der Waals surface area contributed by atoms with Crippen LogP contribution >= 0.6 is 0 Å². The molecule has 1 unspecified atom stereocenters. The second kappa shape index (κ2) is 5.11. The molecule has 2 rings (SSSR count). The van der Waals surface area contributed by atoms with E-state index in [2.05, 4.69) is 54.5 Å². The molecule has 0 fully saturated rings. The van der Waals surface area contributed by atoms with E-state index >= 15 is 0 Å². The normalized spacial score (nSPS) is 12.4. The lowest BCUT2D eigenvalue weighted by Crippen LogP contribution is -2.17. The van der Waals surface area contributed by atoms with E-state index in [4.69, 9.17) is 0 Å². The smallest absolute Gasteiger partial charge is 0.0589 e. The quantitative estimate of drug-likeness (QED) is 0.870. The molecule has 2 heteroatoms. The molecule has 0 saturated heterocycles. The number of nitrogens with zero attached hydrogens (tertiary/aromatic N) is 1. The maximum absolute atomic E-state index is 4.26. The molecular weight excluding hydrogens is 208 g/mol. The van der Waals surface area contributed by atoms with Crippen LogP contribution in [0.25, 0.3) is 0 Å². The first kappa shape index (κ1) is 11.8. The van der Waals surface area contributed by atoms with Gasteiger partial charge in [0.25, 0.3) is 0 Å². The minimum atomic E-state index is 0.211. The van der Waals surface area contributed by atoms with Crippen LogP contribution in [-0.4, -0.2) is 12.0 Å². The number of pyridine rings is 1. The summed E-state index contributed by atoms with van der Waals surface area (Å²) < 4.78 is 0. The van der Waals surface area contributed by atoms with Gasteiger partial charge < -0.3 is 5.32 Å². The number of benzene rings is 1. The lowest BCUT2D eigenvalue weighted by Gasteiger charge is -2.17. The molecule has 1 atom stereocenters. The Morgan fingerprint density at radius 2 is 1.65 bits per heavy atom. The van der Waals surface area contributed by atoms with Gasteiger partial charge in [-0.1, -0.05) is 35.9 Å². The van der Waals surface area contributed by atoms with E-state index in [0.29, 0.717) is 0 Å². The minimum Gasteiger partial charge on any atom is -0.309 e. The molecule has 0 aliphatic rings. The van der Waals surface area contributed by atoms with Crippen LogP contribution in [0.4, 0.5) is 0 Å². The van der Waals surface area contributed by atoms with Gasteiger partial charge >= 0.3 is 0 Å². The first-order valence-corrected chi connectivity index (χ1v) is 5.86. The van der Waals surface area contributed by atoms with Crippen molar-refractivity contribution in [2.45, 2.75) is 19.9 Å². The molecule has 1 heterocycles. The number of hydrogen-bond donors (Lipinski definition) is 1. The van der Waals surface area contributed by atoms with Gasteiger partial charge in [-0.3, -0.25) is 4.98 Å². The standard InChI is InChI=1S/C15H18N2/c1-11-4-6-13(7-5-11)15(16-3)14-8-12(2)9-17-10-14/h4-10,15-16H,1-3H3. The molecule has 17 heavy (non-hydrogen) atoms. The fourth-order valence-corrected chi connectivity index (χ4v) is 2.02. The maximum Gasteiger partial charge on any atom is 0.0589 e. The summed E-state index contributed by atoms with van der Waals surface area (Å²) in [6, 6.07) is 11.0. The van der Waals surface area contributed by atoms with E-state index in [9.17, 15) is 0 Å². The van der Waals surface area contributed by atoms with Gasteiger partial charge in [0.05, 0.1) is 6.04 Å². The first-order valence-electron chi connectivity index (χ1n) is 5.86. The van der Waals surface area contributed by atoms with Crippen molar-refractivity contribution in [3.63, 3.8) is 0 Å². The molecule has 0 aliphatic heterocycles. The fraction of sp³-hybridized carbons (Fsp3) is 0.267. The Morgan fingerprint density at radius 3 is 2.24 bits per heavy atom. The van der Waals surface area contributed by atoms with Crippen molar-refractivity contribution in [1.82, 2.24) is 10.3 Å². The van der Waals surface area contributed by atoms with Gasteiger partial charge in [0.2, 0.25) is 0 Å². The fourth-order valence-electron chi connectivity index (χ4n) is 2.02. The number of aryl methyl sites for hydroxylation is 2. The molecule has 0 spiro atoms. The Morgan fingerprint density at radius 1 is 0.941 bits per heavy atom. The number of nitrogens with one attached hydrogen (secondary N) is 1. The second-order valence-electron chi connectivity index (χ2n) is 4.43. The van der Waals surface area contributed by atoms with Crippen LogP contribution < -0.4 is 5.32 Å². The third kappa shape index (κ3) is 2.71. The van der Waals surface area contributed by atoms with Gasteiger partial charge in [-0.25, -0.2) is 0 Å². The summed E-state index contributed by atoms with van der Waals surface area (Å²) in [5.74, 6) is 0. The van der Waals surface area contributed by atoms with Crippen molar-refractivity contribution in [3.05, 3.63) is 65.0 Å². The zero-order chi connectivity index (χ0) is 12.3. The summed E-state index contributed by atoms with van der Waals surface area (Å²) in [5.41, 5.74) is 4.95. The largest absolute Gasteiger partial charge is 0.309 e. The molecule has 0 aliphatic carbocycles. The van der Waals surface area contributed by atoms with Crippen molar-refractivity contribution in [3.8, 4) is 0 Å². The first-order chi connectivity index (χ1) is 8.20. The Labute approximate surface area is 103 Å². The zero-order valence-electron chi connectivity index (χ0n) is 10.6. The van der Waals surface area contributed by atoms with E-state index in [1.54, 1.807) is 0 Å². The van der Waals surface area contributed by atoms with E-state index in [1.165, 1.54) is 22.3 Å². The van der Waals surface area contributed by atoms with Gasteiger partial charge in [0.1, 0.15) is 0 Å². The van der Waals surface area contributed by atoms with Crippen LogP contribution in [0, 0.1) is 13.8 Å². The van der Waals surface area contributed by atoms with Crippen molar-refractivity contribution >= 4 is 0 Å². The van der Waals surface area contributed by atoms with E-state index < -0.39 is 0 Å². The SMILES string of the molecule is CNC(c1ccc(C)cc1)c1cncc(C)c1. The molecule has 1 N–H and O–H groups in total. The van der Waals surface area contributed by atoms with Gasteiger partial charge in [0.15, 0.2) is 0 Å². The lowest BCUT2D eigenvalue weighted by atomic mass is 9.98. The number of rotatable bonds is 3. The summed E-state index contributed by atoms with van der Waals surface area (Å²) >= 11 is 0. The molecular formula is C15H18N2. The predicted molar refractivity (Wildman–Crippen MR) is 71.1 cm³/mol. The summed E-state index contributed by atoms with van der Waals surface area (Å²) in [7, 11) is 1.98. The maximum atomic E-state index is 4.26. The molecule has 1 aromatic carbocycles. The van der Waals surface area contributed by atoms with Gasteiger partial charge in [-0.2, -0.15) is 0 Å². The second-order valence-corrected chi connectivity index (χ2v) is 4.43. The third-order valence-electron chi connectivity index (χ3n) is 2.93. The predicted octanol–water partition coefficient (Wildman–Crippen LogP) is 3.01. The van der Waals surface area contributed by atoms with Crippen LogP contribution in [-0.2, 0) is 0 Å². The van der Waals surface area contributed by atoms with Gasteiger partial charge in [-0.15, -0.1) is 0 Å². The Bertz CT molecular complexity index is 489. The molecule has 88 valence electrons. The molecule has 2 nitrogen and oxygen atoms in total. The van der Waals surface area contributed by atoms with E-state index in [-0.39, 0.29) is 6.04 Å². The number of aromatic nitrogens is 1. The van der Waals surface area contributed by atoms with Crippen molar-refractivity contribution < 1.29 is 0 Å². The van der Waals surface area contributed by atoms with Crippen LogP contribution in [0.5, 0.6) is 0 Å². The monoisotopic (exact) mass is 226 g/mol. The highest BCUT2D eigenvalue weighted by atomic mass is 14.9. The van der Waals surface area contributed by atoms with Crippen molar-refractivity contribution in [1.29, 1.82) is 0 Å². The highest BCUT2D eigenvalue weighted by Gasteiger charge is 2.11. The summed E-state index contributed by atoms with van der Waals surface area (Å²) in [5, 5.41) is 3.34. The Balaban J connectivity index is 2.36. The Kier molecular flexibility index (Phi) is 3.55. The third-order valence-corrected chi connectivity index (χ3v) is 2.93. The summed E-state index contributed by atoms with van der Waals surface area (Å²) in [4.78, 5) is 4.26. The van der Waals surface area contributed by atoms with Crippen LogP contribution in [0.15, 0.2) is 42.7 Å². The molecule has 0 saturated carbocycles. The zero-order valence-corrected chi connectivity index (χ0v) is 10.6. The number of hydrogen-bond acceptors (Lipinski definition) is 2. The Hall–Kier alpha value is -1.67.